The van der Waals surface area contributed by atoms with Gasteiger partial charge in [0.05, 0.1) is 21.9 Å². The number of benzene rings is 2. The van der Waals surface area contributed by atoms with E-state index in [0.29, 0.717) is 23.0 Å². The van der Waals surface area contributed by atoms with Gasteiger partial charge in [0.25, 0.3) is 5.69 Å². The third-order valence-electron chi connectivity index (χ3n) is 4.30. The summed E-state index contributed by atoms with van der Waals surface area (Å²) in [6.07, 6.45) is 6.04. The van der Waals surface area contributed by atoms with E-state index in [1.165, 1.54) is 6.07 Å². The van der Waals surface area contributed by atoms with Gasteiger partial charge in [0.2, 0.25) is 6.41 Å². The lowest BCUT2D eigenvalue weighted by molar-refractivity contribution is -0.387. The number of nitrogens with one attached hydrogen (secondary N) is 1. The zero-order valence-corrected chi connectivity index (χ0v) is 15.9. The maximum absolute atomic E-state index is 11.1. The Morgan fingerprint density at radius 1 is 1.14 bits per heavy atom. The molecule has 0 bridgehead atoms. The molecule has 0 saturated heterocycles. The first-order valence-electron chi connectivity index (χ1n) is 8.65. The molecular formula is C20H15N5O3S. The number of hydrogen-bond acceptors (Lipinski definition) is 6. The number of nitro groups is 1. The van der Waals surface area contributed by atoms with Crippen LogP contribution in [-0.4, -0.2) is 25.9 Å². The summed E-state index contributed by atoms with van der Waals surface area (Å²) in [5, 5.41) is 15.3. The number of hydrogen-bond donors (Lipinski definition) is 1. The smallest absolute Gasteiger partial charge is 0.283 e. The lowest BCUT2D eigenvalue weighted by Crippen LogP contribution is -2.01. The van der Waals surface area contributed by atoms with Gasteiger partial charge in [-0.1, -0.05) is 18.2 Å². The normalized spacial score (nSPS) is 10.8. The average Bonchev–Trinajstić information content (AvgIpc) is 3.12. The van der Waals surface area contributed by atoms with E-state index < -0.39 is 4.92 Å². The Bertz CT molecular complexity index is 1190. The van der Waals surface area contributed by atoms with Crippen molar-refractivity contribution in [3.63, 3.8) is 0 Å². The third kappa shape index (κ3) is 4.09. The number of rotatable bonds is 7. The molecule has 4 aromatic rings. The number of nitrogens with zero attached hydrogens (tertiary/aromatic N) is 4. The average molecular weight is 405 g/mol. The van der Waals surface area contributed by atoms with Gasteiger partial charge in [-0.15, -0.1) is 0 Å². The number of carbonyl (C=O) groups is 1. The highest BCUT2D eigenvalue weighted by Crippen LogP contribution is 2.32. The minimum atomic E-state index is -0.415. The van der Waals surface area contributed by atoms with Crippen LogP contribution in [0.25, 0.3) is 10.9 Å². The van der Waals surface area contributed by atoms with Gasteiger partial charge >= 0.3 is 0 Å². The minimum absolute atomic E-state index is 0.0312. The molecule has 2 heterocycles. The standard InChI is InChI=1S/C20H15N5O3S/c26-13-23-16-6-5-15-7-8-24(18(15)9-16)12-14-10-21-20(22-11-14)29-19-4-2-1-3-17(19)25(27)28/h1-11,13H,12H2,(H,23,26). The van der Waals surface area contributed by atoms with Crippen LogP contribution >= 0.6 is 11.8 Å². The number of anilines is 1. The van der Waals surface area contributed by atoms with E-state index in [4.69, 9.17) is 0 Å². The molecule has 9 heteroatoms. The lowest BCUT2D eigenvalue weighted by atomic mass is 10.2. The fraction of sp³-hybridized carbons (Fsp3) is 0.0500. The van der Waals surface area contributed by atoms with E-state index in [-0.39, 0.29) is 5.69 Å². The van der Waals surface area contributed by atoms with Crippen molar-refractivity contribution >= 4 is 40.4 Å². The molecule has 0 unspecified atom stereocenters. The van der Waals surface area contributed by atoms with E-state index in [1.54, 1.807) is 30.6 Å². The first-order valence-corrected chi connectivity index (χ1v) is 9.47. The summed E-state index contributed by atoms with van der Waals surface area (Å²) in [4.78, 5) is 30.6. The summed E-state index contributed by atoms with van der Waals surface area (Å²) in [7, 11) is 0. The van der Waals surface area contributed by atoms with E-state index in [0.717, 1.165) is 33.9 Å². The van der Waals surface area contributed by atoms with Crippen molar-refractivity contribution < 1.29 is 9.72 Å². The Balaban J connectivity index is 1.53. The first kappa shape index (κ1) is 18.6. The van der Waals surface area contributed by atoms with Gasteiger partial charge in [-0.25, -0.2) is 9.97 Å². The van der Waals surface area contributed by atoms with Crippen molar-refractivity contribution in [2.24, 2.45) is 0 Å². The summed E-state index contributed by atoms with van der Waals surface area (Å²) in [5.74, 6) is 0. The Morgan fingerprint density at radius 3 is 2.69 bits per heavy atom. The largest absolute Gasteiger partial charge is 0.343 e. The molecule has 4 rings (SSSR count). The molecule has 0 radical (unpaired) electrons. The second kappa shape index (κ2) is 8.11. The third-order valence-corrected chi connectivity index (χ3v) is 5.26. The van der Waals surface area contributed by atoms with Crippen molar-refractivity contribution in [1.82, 2.24) is 14.5 Å². The zero-order chi connectivity index (χ0) is 20.2. The van der Waals surface area contributed by atoms with Gasteiger partial charge in [-0.3, -0.25) is 14.9 Å². The SMILES string of the molecule is O=CNc1ccc2ccn(Cc3cnc(Sc4ccccc4[N+](=O)[O-])nc3)c2c1. The van der Waals surface area contributed by atoms with Crippen molar-refractivity contribution in [3.8, 4) is 0 Å². The van der Waals surface area contributed by atoms with Gasteiger partial charge in [-0.05, 0) is 41.4 Å². The Kier molecular flexibility index (Phi) is 5.21. The molecule has 0 aliphatic rings. The molecule has 0 fully saturated rings. The summed E-state index contributed by atoms with van der Waals surface area (Å²) < 4.78 is 2.04. The predicted molar refractivity (Wildman–Crippen MR) is 110 cm³/mol. The topological polar surface area (TPSA) is 103 Å². The van der Waals surface area contributed by atoms with E-state index in [9.17, 15) is 14.9 Å². The van der Waals surface area contributed by atoms with Crippen molar-refractivity contribution in [2.75, 3.05) is 5.32 Å². The van der Waals surface area contributed by atoms with Gasteiger partial charge in [0.15, 0.2) is 5.16 Å². The molecule has 1 N–H and O–H groups in total. The highest BCUT2D eigenvalue weighted by Gasteiger charge is 2.14. The van der Waals surface area contributed by atoms with Gasteiger partial charge in [0, 0.05) is 35.9 Å². The molecule has 1 amide bonds. The van der Waals surface area contributed by atoms with Crippen LogP contribution in [0.1, 0.15) is 5.56 Å². The minimum Gasteiger partial charge on any atom is -0.343 e. The quantitative estimate of drug-likeness (QED) is 0.215. The number of amides is 1. The van der Waals surface area contributed by atoms with Crippen LogP contribution in [0.4, 0.5) is 11.4 Å². The highest BCUT2D eigenvalue weighted by molar-refractivity contribution is 7.99. The summed E-state index contributed by atoms with van der Waals surface area (Å²) in [6.45, 7) is 0.560. The Labute approximate surface area is 169 Å². The fourth-order valence-corrected chi connectivity index (χ4v) is 3.75. The van der Waals surface area contributed by atoms with E-state index in [1.807, 2.05) is 35.0 Å². The molecule has 144 valence electrons. The lowest BCUT2D eigenvalue weighted by Gasteiger charge is -2.07. The molecule has 0 aliphatic heterocycles. The number of para-hydroxylation sites is 1. The van der Waals surface area contributed by atoms with Crippen LogP contribution in [0.2, 0.25) is 0 Å². The number of nitro benzene ring substituents is 1. The van der Waals surface area contributed by atoms with Gasteiger partial charge < -0.3 is 9.88 Å². The fourth-order valence-electron chi connectivity index (χ4n) is 2.95. The van der Waals surface area contributed by atoms with Crippen LogP contribution < -0.4 is 5.32 Å². The Hall–Kier alpha value is -3.72. The second-order valence-electron chi connectivity index (χ2n) is 6.18. The van der Waals surface area contributed by atoms with Crippen molar-refractivity contribution in [2.45, 2.75) is 16.6 Å². The van der Waals surface area contributed by atoms with Crippen LogP contribution in [0.3, 0.4) is 0 Å². The molecule has 8 nitrogen and oxygen atoms in total. The Morgan fingerprint density at radius 2 is 1.93 bits per heavy atom. The maximum Gasteiger partial charge on any atom is 0.283 e. The molecule has 2 aromatic carbocycles. The summed E-state index contributed by atoms with van der Waals surface area (Å²) >= 11 is 1.16. The summed E-state index contributed by atoms with van der Waals surface area (Å²) in [6, 6.07) is 14.2. The molecule has 29 heavy (non-hydrogen) atoms. The van der Waals surface area contributed by atoms with Crippen molar-refractivity contribution in [1.29, 1.82) is 0 Å². The molecule has 0 spiro atoms. The van der Waals surface area contributed by atoms with Crippen molar-refractivity contribution in [3.05, 3.63) is 82.8 Å². The monoisotopic (exact) mass is 405 g/mol. The second-order valence-corrected chi connectivity index (χ2v) is 7.19. The van der Waals surface area contributed by atoms with Crippen LogP contribution in [0, 0.1) is 10.1 Å². The molecule has 0 atom stereocenters. The maximum atomic E-state index is 11.1. The highest BCUT2D eigenvalue weighted by atomic mass is 32.2. The zero-order valence-electron chi connectivity index (χ0n) is 15.1. The van der Waals surface area contributed by atoms with Gasteiger partial charge in [-0.2, -0.15) is 0 Å². The number of aromatic nitrogens is 3. The van der Waals surface area contributed by atoms with E-state index in [2.05, 4.69) is 15.3 Å². The number of carbonyl (C=O) groups excluding carboxylic acids is 1. The van der Waals surface area contributed by atoms with Crippen LogP contribution in [0.5, 0.6) is 0 Å². The molecule has 0 saturated carbocycles. The van der Waals surface area contributed by atoms with Crippen LogP contribution in [-0.2, 0) is 11.3 Å². The molecule has 2 aromatic heterocycles. The number of fused-ring (bicyclic) bond motifs is 1. The molecular weight excluding hydrogens is 390 g/mol. The van der Waals surface area contributed by atoms with Gasteiger partial charge in [0.1, 0.15) is 0 Å². The first-order chi connectivity index (χ1) is 14.1. The van der Waals surface area contributed by atoms with Crippen LogP contribution in [0.15, 0.2) is 77.2 Å². The molecule has 0 aliphatic carbocycles. The van der Waals surface area contributed by atoms with E-state index >= 15 is 0 Å². The predicted octanol–water partition coefficient (Wildman–Crippen LogP) is 4.11. The summed E-state index contributed by atoms with van der Waals surface area (Å²) in [5.41, 5.74) is 2.63.